The predicted molar refractivity (Wildman–Crippen MR) is 82.1 cm³/mol. The third kappa shape index (κ3) is 3.81. The van der Waals surface area contributed by atoms with Crippen molar-refractivity contribution in [3.63, 3.8) is 0 Å². The van der Waals surface area contributed by atoms with Crippen LogP contribution in [0.25, 0.3) is 0 Å². The van der Waals surface area contributed by atoms with Gasteiger partial charge in [-0.15, -0.1) is 0 Å². The minimum atomic E-state index is -0.360. The summed E-state index contributed by atoms with van der Waals surface area (Å²) in [5.74, 6) is 5.33. The number of hydrogen-bond acceptors (Lipinski definition) is 3. The fourth-order valence-electron chi connectivity index (χ4n) is 1.80. The molecule has 2 aromatic rings. The lowest BCUT2D eigenvalue weighted by molar-refractivity contribution is 0.102. The highest BCUT2D eigenvalue weighted by Gasteiger charge is 2.09. The summed E-state index contributed by atoms with van der Waals surface area (Å²) in [5.41, 5.74) is 7.65. The number of nitrogens with one attached hydrogen (secondary N) is 2. The van der Waals surface area contributed by atoms with Crippen LogP contribution in [0.2, 0.25) is 0 Å². The average molecular weight is 281 g/mol. The van der Waals surface area contributed by atoms with Crippen LogP contribution in [-0.2, 0) is 0 Å². The minimum absolute atomic E-state index is 0.245. The Labute approximate surface area is 122 Å². The number of aromatic amines is 1. The van der Waals surface area contributed by atoms with Crippen LogP contribution < -0.4 is 16.6 Å². The molecule has 1 amide bonds. The molecule has 0 radical (unpaired) electrons. The number of pyridine rings is 1. The molecule has 0 atom stereocenters. The largest absolute Gasteiger partial charge is 0.329 e. The first-order valence-corrected chi connectivity index (χ1v) is 6.40. The molecule has 106 valence electrons. The van der Waals surface area contributed by atoms with Crippen LogP contribution in [0.3, 0.4) is 0 Å². The Morgan fingerprint density at radius 1 is 1.33 bits per heavy atom. The fraction of sp³-hybridized carbons (Fsp3) is 0.125. The maximum absolute atomic E-state index is 12.1. The summed E-state index contributed by atoms with van der Waals surface area (Å²) in [7, 11) is 0. The molecule has 0 aliphatic heterocycles. The van der Waals surface area contributed by atoms with Gasteiger partial charge in [0.1, 0.15) is 0 Å². The molecule has 4 N–H and O–H groups in total. The van der Waals surface area contributed by atoms with Gasteiger partial charge in [0.15, 0.2) is 0 Å². The van der Waals surface area contributed by atoms with Crippen LogP contribution in [0, 0.1) is 18.8 Å². The molecule has 1 heterocycles. The van der Waals surface area contributed by atoms with Crippen molar-refractivity contribution in [1.29, 1.82) is 0 Å². The molecular formula is C16H15N3O2. The number of hydrogen-bond donors (Lipinski definition) is 3. The number of amides is 1. The van der Waals surface area contributed by atoms with E-state index in [-0.39, 0.29) is 23.6 Å². The Balaban J connectivity index is 2.31. The van der Waals surface area contributed by atoms with Crippen LogP contribution in [0.5, 0.6) is 0 Å². The lowest BCUT2D eigenvalue weighted by atomic mass is 10.1. The highest BCUT2D eigenvalue weighted by Crippen LogP contribution is 2.17. The summed E-state index contributed by atoms with van der Waals surface area (Å²) in [6, 6.07) is 8.31. The van der Waals surface area contributed by atoms with Gasteiger partial charge in [0.05, 0.1) is 12.2 Å². The Morgan fingerprint density at radius 2 is 2.14 bits per heavy atom. The van der Waals surface area contributed by atoms with E-state index in [0.29, 0.717) is 11.3 Å². The van der Waals surface area contributed by atoms with Crippen molar-refractivity contribution in [1.82, 2.24) is 4.98 Å². The van der Waals surface area contributed by atoms with E-state index in [2.05, 4.69) is 22.1 Å². The van der Waals surface area contributed by atoms with E-state index in [9.17, 15) is 9.59 Å². The molecular weight excluding hydrogens is 266 g/mol. The maximum Gasteiger partial charge on any atom is 0.255 e. The lowest BCUT2D eigenvalue weighted by Gasteiger charge is -2.08. The van der Waals surface area contributed by atoms with Crippen LogP contribution in [-0.4, -0.2) is 17.4 Å². The SMILES string of the molecule is Cc1ccc(NC(=O)c2cc[nH]c(=O)c2)c(C#CCN)c1. The first-order chi connectivity index (χ1) is 10.1. The molecule has 0 aliphatic rings. The van der Waals surface area contributed by atoms with Gasteiger partial charge in [0.25, 0.3) is 5.91 Å². The number of H-pyrrole nitrogens is 1. The molecule has 0 bridgehead atoms. The molecule has 1 aromatic heterocycles. The van der Waals surface area contributed by atoms with E-state index in [4.69, 9.17) is 5.73 Å². The summed E-state index contributed by atoms with van der Waals surface area (Å²) >= 11 is 0. The predicted octanol–water partition coefficient (Wildman–Crippen LogP) is 1.25. The van der Waals surface area contributed by atoms with Gasteiger partial charge in [0, 0.05) is 23.4 Å². The summed E-state index contributed by atoms with van der Waals surface area (Å²) < 4.78 is 0. The normalized spacial score (nSPS) is 9.62. The molecule has 5 heteroatoms. The molecule has 21 heavy (non-hydrogen) atoms. The van der Waals surface area contributed by atoms with Crippen molar-refractivity contribution < 1.29 is 4.79 Å². The standard InChI is InChI=1S/C16H15N3O2/c1-11-4-5-14(12(9-11)3-2-7-17)19-16(21)13-6-8-18-15(20)10-13/h4-6,8-10H,7,17H2,1H3,(H,18,20)(H,19,21). The van der Waals surface area contributed by atoms with Gasteiger partial charge in [-0.3, -0.25) is 9.59 Å². The van der Waals surface area contributed by atoms with Crippen molar-refractivity contribution in [3.05, 3.63) is 63.6 Å². The summed E-state index contributed by atoms with van der Waals surface area (Å²) in [6.45, 7) is 2.19. The van der Waals surface area contributed by atoms with Crippen LogP contribution in [0.1, 0.15) is 21.5 Å². The van der Waals surface area contributed by atoms with Crippen LogP contribution in [0.4, 0.5) is 5.69 Å². The number of aryl methyl sites for hydroxylation is 1. The number of carbonyl (C=O) groups excluding carboxylic acids is 1. The van der Waals surface area contributed by atoms with Gasteiger partial charge < -0.3 is 16.0 Å². The monoisotopic (exact) mass is 281 g/mol. The third-order valence-electron chi connectivity index (χ3n) is 2.79. The molecule has 5 nitrogen and oxygen atoms in total. The zero-order valence-electron chi connectivity index (χ0n) is 11.6. The molecule has 0 fully saturated rings. The smallest absolute Gasteiger partial charge is 0.255 e. The molecule has 0 aliphatic carbocycles. The quantitative estimate of drug-likeness (QED) is 0.724. The van der Waals surface area contributed by atoms with E-state index in [1.165, 1.54) is 18.3 Å². The van der Waals surface area contributed by atoms with Gasteiger partial charge in [-0.25, -0.2) is 0 Å². The van der Waals surface area contributed by atoms with E-state index in [0.717, 1.165) is 5.56 Å². The number of benzene rings is 1. The van der Waals surface area contributed by atoms with Crippen molar-refractivity contribution in [3.8, 4) is 11.8 Å². The molecule has 1 aromatic carbocycles. The topological polar surface area (TPSA) is 88.0 Å². The highest BCUT2D eigenvalue weighted by atomic mass is 16.2. The van der Waals surface area contributed by atoms with Gasteiger partial charge in [-0.05, 0) is 30.7 Å². The fourth-order valence-corrected chi connectivity index (χ4v) is 1.80. The van der Waals surface area contributed by atoms with Crippen LogP contribution in [0.15, 0.2) is 41.3 Å². The number of anilines is 1. The Kier molecular flexibility index (Phi) is 4.54. The molecule has 0 saturated heterocycles. The van der Waals surface area contributed by atoms with Gasteiger partial charge in [-0.2, -0.15) is 0 Å². The summed E-state index contributed by atoms with van der Waals surface area (Å²) in [4.78, 5) is 25.8. The molecule has 2 rings (SSSR count). The first kappa shape index (κ1) is 14.6. The zero-order chi connectivity index (χ0) is 15.2. The molecule has 0 saturated carbocycles. The Hall–Kier alpha value is -2.84. The van der Waals surface area contributed by atoms with Crippen molar-refractivity contribution >= 4 is 11.6 Å². The number of rotatable bonds is 2. The second-order valence-electron chi connectivity index (χ2n) is 4.45. The first-order valence-electron chi connectivity index (χ1n) is 6.40. The minimum Gasteiger partial charge on any atom is -0.329 e. The number of nitrogens with two attached hydrogens (primary N) is 1. The third-order valence-corrected chi connectivity index (χ3v) is 2.79. The number of carbonyl (C=O) groups is 1. The van der Waals surface area contributed by atoms with Crippen LogP contribution >= 0.6 is 0 Å². The van der Waals surface area contributed by atoms with E-state index >= 15 is 0 Å². The summed E-state index contributed by atoms with van der Waals surface area (Å²) in [6.07, 6.45) is 1.43. The lowest BCUT2D eigenvalue weighted by Crippen LogP contribution is -2.16. The number of aromatic nitrogens is 1. The van der Waals surface area contributed by atoms with Gasteiger partial charge >= 0.3 is 0 Å². The molecule has 0 unspecified atom stereocenters. The maximum atomic E-state index is 12.1. The second-order valence-corrected chi connectivity index (χ2v) is 4.45. The van der Waals surface area contributed by atoms with E-state index < -0.39 is 0 Å². The second kappa shape index (κ2) is 6.55. The van der Waals surface area contributed by atoms with Crippen molar-refractivity contribution in [2.24, 2.45) is 5.73 Å². The van der Waals surface area contributed by atoms with Gasteiger partial charge in [-0.1, -0.05) is 17.9 Å². The zero-order valence-corrected chi connectivity index (χ0v) is 11.6. The van der Waals surface area contributed by atoms with Crippen molar-refractivity contribution in [2.45, 2.75) is 6.92 Å². The molecule has 0 spiro atoms. The average Bonchev–Trinajstić information content (AvgIpc) is 2.47. The van der Waals surface area contributed by atoms with Gasteiger partial charge in [0.2, 0.25) is 5.56 Å². The Bertz CT molecular complexity index is 782. The van der Waals surface area contributed by atoms with E-state index in [1.807, 2.05) is 19.1 Å². The van der Waals surface area contributed by atoms with Crippen molar-refractivity contribution in [2.75, 3.05) is 11.9 Å². The summed E-state index contributed by atoms with van der Waals surface area (Å²) in [5, 5.41) is 2.76. The Morgan fingerprint density at radius 3 is 2.86 bits per heavy atom. The highest BCUT2D eigenvalue weighted by molar-refractivity contribution is 6.04. The van der Waals surface area contributed by atoms with E-state index in [1.54, 1.807) is 6.07 Å².